The molecule has 0 unspecified atom stereocenters. The highest BCUT2D eigenvalue weighted by molar-refractivity contribution is 6.06. The monoisotopic (exact) mass is 283 g/mol. The molecule has 0 bridgehead atoms. The number of benzene rings is 1. The summed E-state index contributed by atoms with van der Waals surface area (Å²) < 4.78 is 1.67. The van der Waals surface area contributed by atoms with Crippen LogP contribution in [0.2, 0.25) is 0 Å². The van der Waals surface area contributed by atoms with Crippen LogP contribution in [-0.2, 0) is 13.5 Å². The molecule has 0 atom stereocenters. The van der Waals surface area contributed by atoms with Gasteiger partial charge in [0.1, 0.15) is 0 Å². The third kappa shape index (κ3) is 2.58. The molecular formula is C17H21N3O. The van der Waals surface area contributed by atoms with Crippen LogP contribution in [0.15, 0.2) is 30.6 Å². The van der Waals surface area contributed by atoms with Crippen LogP contribution in [-0.4, -0.2) is 22.2 Å². The lowest BCUT2D eigenvalue weighted by Crippen LogP contribution is -2.35. The van der Waals surface area contributed by atoms with Crippen molar-refractivity contribution >= 4 is 11.6 Å². The van der Waals surface area contributed by atoms with Gasteiger partial charge in [-0.05, 0) is 36.0 Å². The van der Waals surface area contributed by atoms with E-state index in [9.17, 15) is 4.79 Å². The van der Waals surface area contributed by atoms with Gasteiger partial charge in [-0.3, -0.25) is 9.48 Å². The van der Waals surface area contributed by atoms with Crippen molar-refractivity contribution in [2.45, 2.75) is 32.6 Å². The highest BCUT2D eigenvalue weighted by atomic mass is 16.2. The Balaban J connectivity index is 1.95. The van der Waals surface area contributed by atoms with E-state index in [4.69, 9.17) is 0 Å². The molecule has 1 aliphatic rings. The van der Waals surface area contributed by atoms with Crippen LogP contribution in [0.25, 0.3) is 0 Å². The highest BCUT2D eigenvalue weighted by Gasteiger charge is 2.24. The van der Waals surface area contributed by atoms with E-state index >= 15 is 0 Å². The fourth-order valence-corrected chi connectivity index (χ4v) is 2.87. The van der Waals surface area contributed by atoms with Crippen LogP contribution in [0, 0.1) is 0 Å². The van der Waals surface area contributed by atoms with Crippen molar-refractivity contribution in [3.63, 3.8) is 0 Å². The van der Waals surface area contributed by atoms with Crippen LogP contribution < -0.4 is 4.90 Å². The second-order valence-electron chi connectivity index (χ2n) is 6.01. The van der Waals surface area contributed by atoms with Gasteiger partial charge < -0.3 is 4.90 Å². The first kappa shape index (κ1) is 13.9. The van der Waals surface area contributed by atoms with Crippen molar-refractivity contribution in [2.75, 3.05) is 11.4 Å². The van der Waals surface area contributed by atoms with Crippen molar-refractivity contribution in [1.29, 1.82) is 0 Å². The smallest absolute Gasteiger partial charge is 0.261 e. The molecule has 1 amide bonds. The molecule has 0 fully saturated rings. The van der Waals surface area contributed by atoms with E-state index in [1.807, 2.05) is 11.9 Å². The number of hydrogen-bond acceptors (Lipinski definition) is 2. The number of aryl methyl sites for hydroxylation is 2. The van der Waals surface area contributed by atoms with Crippen molar-refractivity contribution in [2.24, 2.45) is 7.05 Å². The zero-order valence-corrected chi connectivity index (χ0v) is 12.8. The zero-order valence-electron chi connectivity index (χ0n) is 12.8. The second kappa shape index (κ2) is 5.35. The lowest BCUT2D eigenvalue weighted by atomic mass is 9.94. The molecule has 0 saturated carbocycles. The van der Waals surface area contributed by atoms with E-state index in [2.05, 4.69) is 37.1 Å². The number of carbonyl (C=O) groups excluding carboxylic acids is 1. The summed E-state index contributed by atoms with van der Waals surface area (Å²) in [4.78, 5) is 14.6. The molecule has 0 spiro atoms. The van der Waals surface area contributed by atoms with Crippen LogP contribution in [0.1, 0.15) is 47.7 Å². The number of hydrogen-bond donors (Lipinski definition) is 0. The van der Waals surface area contributed by atoms with Gasteiger partial charge in [-0.1, -0.05) is 26.0 Å². The summed E-state index contributed by atoms with van der Waals surface area (Å²) in [6.45, 7) is 5.17. The first-order chi connectivity index (χ1) is 10.1. The summed E-state index contributed by atoms with van der Waals surface area (Å²) in [6.07, 6.45) is 5.48. The number of carbonyl (C=O) groups is 1. The average molecular weight is 283 g/mol. The van der Waals surface area contributed by atoms with Gasteiger partial charge in [0.05, 0.1) is 11.8 Å². The van der Waals surface area contributed by atoms with E-state index in [0.29, 0.717) is 11.5 Å². The van der Waals surface area contributed by atoms with Crippen molar-refractivity contribution in [3.8, 4) is 0 Å². The van der Waals surface area contributed by atoms with Gasteiger partial charge in [0.15, 0.2) is 0 Å². The normalized spacial score (nSPS) is 14.4. The lowest BCUT2D eigenvalue weighted by molar-refractivity contribution is 0.0985. The molecule has 1 aromatic carbocycles. The summed E-state index contributed by atoms with van der Waals surface area (Å²) in [7, 11) is 1.83. The maximum absolute atomic E-state index is 12.7. The Hall–Kier alpha value is -2.10. The molecule has 2 heterocycles. The van der Waals surface area contributed by atoms with Crippen molar-refractivity contribution < 1.29 is 4.79 Å². The minimum Gasteiger partial charge on any atom is -0.308 e. The van der Waals surface area contributed by atoms with Gasteiger partial charge >= 0.3 is 0 Å². The van der Waals surface area contributed by atoms with E-state index in [1.54, 1.807) is 17.1 Å². The minimum atomic E-state index is 0.0429. The van der Waals surface area contributed by atoms with Crippen molar-refractivity contribution in [1.82, 2.24) is 9.78 Å². The zero-order chi connectivity index (χ0) is 15.0. The Labute approximate surface area is 125 Å². The molecule has 0 aliphatic carbocycles. The molecule has 3 rings (SSSR count). The van der Waals surface area contributed by atoms with E-state index in [0.717, 1.165) is 25.1 Å². The number of rotatable bonds is 2. The quantitative estimate of drug-likeness (QED) is 0.849. The molecule has 1 aromatic heterocycles. The van der Waals surface area contributed by atoms with Crippen LogP contribution in [0.4, 0.5) is 5.69 Å². The van der Waals surface area contributed by atoms with Gasteiger partial charge in [0, 0.05) is 25.5 Å². The van der Waals surface area contributed by atoms with Crippen LogP contribution >= 0.6 is 0 Å². The van der Waals surface area contributed by atoms with E-state index in [-0.39, 0.29) is 5.91 Å². The largest absolute Gasteiger partial charge is 0.308 e. The maximum atomic E-state index is 12.7. The summed E-state index contributed by atoms with van der Waals surface area (Å²) in [6, 6.07) is 6.49. The van der Waals surface area contributed by atoms with Gasteiger partial charge in [0.2, 0.25) is 0 Å². The maximum Gasteiger partial charge on any atom is 0.261 e. The Morgan fingerprint density at radius 1 is 1.33 bits per heavy atom. The topological polar surface area (TPSA) is 38.1 Å². The highest BCUT2D eigenvalue weighted by Crippen LogP contribution is 2.31. The summed E-state index contributed by atoms with van der Waals surface area (Å²) >= 11 is 0. The molecule has 21 heavy (non-hydrogen) atoms. The molecule has 4 heteroatoms. The Kier molecular flexibility index (Phi) is 3.53. The van der Waals surface area contributed by atoms with Crippen LogP contribution in [0.3, 0.4) is 0 Å². The van der Waals surface area contributed by atoms with Crippen molar-refractivity contribution in [3.05, 3.63) is 47.3 Å². The average Bonchev–Trinajstić information content (AvgIpc) is 2.91. The molecule has 0 saturated heterocycles. The predicted octanol–water partition coefficient (Wildman–Crippen LogP) is 3.14. The standard InChI is InChI=1S/C17H21N3O/c1-12(2)13-6-7-16-14(9-13)5-4-8-20(16)17(21)15-10-18-19(3)11-15/h6-7,9-12H,4-5,8H2,1-3H3. The number of anilines is 1. The molecule has 1 aliphatic heterocycles. The molecule has 2 aromatic rings. The third-order valence-corrected chi connectivity index (χ3v) is 4.09. The number of nitrogens with zero attached hydrogens (tertiary/aromatic N) is 3. The first-order valence-corrected chi connectivity index (χ1v) is 7.49. The summed E-state index contributed by atoms with van der Waals surface area (Å²) in [5.74, 6) is 0.557. The summed E-state index contributed by atoms with van der Waals surface area (Å²) in [5.41, 5.74) is 4.33. The third-order valence-electron chi connectivity index (χ3n) is 4.09. The Morgan fingerprint density at radius 3 is 2.81 bits per heavy atom. The lowest BCUT2D eigenvalue weighted by Gasteiger charge is -2.30. The van der Waals surface area contributed by atoms with E-state index in [1.165, 1.54) is 11.1 Å². The number of amides is 1. The Bertz CT molecular complexity index is 672. The second-order valence-corrected chi connectivity index (χ2v) is 6.01. The fraction of sp³-hybridized carbons (Fsp3) is 0.412. The van der Waals surface area contributed by atoms with E-state index < -0.39 is 0 Å². The fourth-order valence-electron chi connectivity index (χ4n) is 2.87. The predicted molar refractivity (Wildman–Crippen MR) is 83.7 cm³/mol. The minimum absolute atomic E-state index is 0.0429. The SMILES string of the molecule is CC(C)c1ccc2c(c1)CCCN2C(=O)c1cnn(C)c1. The first-order valence-electron chi connectivity index (χ1n) is 7.49. The van der Waals surface area contributed by atoms with Gasteiger partial charge in [-0.2, -0.15) is 5.10 Å². The molecule has 0 radical (unpaired) electrons. The molecule has 4 nitrogen and oxygen atoms in total. The van der Waals surface area contributed by atoms with Gasteiger partial charge in [-0.25, -0.2) is 0 Å². The summed E-state index contributed by atoms with van der Waals surface area (Å²) in [5, 5.41) is 4.09. The molecule has 0 N–H and O–H groups in total. The molecule has 110 valence electrons. The Morgan fingerprint density at radius 2 is 2.14 bits per heavy atom. The van der Waals surface area contributed by atoms with Crippen LogP contribution in [0.5, 0.6) is 0 Å². The number of aromatic nitrogens is 2. The number of fused-ring (bicyclic) bond motifs is 1. The van der Waals surface area contributed by atoms with Gasteiger partial charge in [-0.15, -0.1) is 0 Å². The van der Waals surface area contributed by atoms with Gasteiger partial charge in [0.25, 0.3) is 5.91 Å². The molecular weight excluding hydrogens is 262 g/mol.